The maximum absolute atomic E-state index is 11.3. The summed E-state index contributed by atoms with van der Waals surface area (Å²) in [6.07, 6.45) is 0. The van der Waals surface area contributed by atoms with E-state index in [9.17, 15) is 4.79 Å². The molecular formula is C11H11ClN2O. The normalized spacial score (nSPS) is 10.9. The van der Waals surface area contributed by atoms with Gasteiger partial charge >= 0.3 is 0 Å². The van der Waals surface area contributed by atoms with E-state index in [4.69, 9.17) is 11.6 Å². The number of rotatable bonds is 1. The third-order valence-corrected chi connectivity index (χ3v) is 2.95. The molecule has 0 saturated carbocycles. The van der Waals surface area contributed by atoms with Gasteiger partial charge in [0.1, 0.15) is 0 Å². The Kier molecular flexibility index (Phi) is 2.27. The maximum atomic E-state index is 11.3. The van der Waals surface area contributed by atoms with Crippen molar-refractivity contribution in [3.8, 4) is 0 Å². The number of carbonyl (C=O) groups is 1. The SMILES string of the molecule is CC(=O)c1nc2ccc(Cl)c(C)c2n1C. The van der Waals surface area contributed by atoms with E-state index in [-0.39, 0.29) is 5.78 Å². The van der Waals surface area contributed by atoms with Crippen LogP contribution in [0.2, 0.25) is 5.02 Å². The number of benzene rings is 1. The van der Waals surface area contributed by atoms with Gasteiger partial charge in [-0.25, -0.2) is 4.98 Å². The molecule has 0 spiro atoms. The van der Waals surface area contributed by atoms with Crippen molar-refractivity contribution in [2.75, 3.05) is 0 Å². The first-order chi connectivity index (χ1) is 7.02. The third-order valence-electron chi connectivity index (χ3n) is 2.54. The number of Topliss-reactive ketones (excluding diaryl/α,β-unsaturated/α-hetero) is 1. The van der Waals surface area contributed by atoms with Crippen LogP contribution < -0.4 is 0 Å². The van der Waals surface area contributed by atoms with E-state index in [0.717, 1.165) is 16.6 Å². The van der Waals surface area contributed by atoms with Crippen LogP contribution in [0.1, 0.15) is 23.1 Å². The minimum atomic E-state index is -0.0378. The van der Waals surface area contributed by atoms with Crippen LogP contribution in [0.3, 0.4) is 0 Å². The van der Waals surface area contributed by atoms with E-state index < -0.39 is 0 Å². The van der Waals surface area contributed by atoms with Crippen molar-refractivity contribution in [3.05, 3.63) is 28.5 Å². The standard InChI is InChI=1S/C11H11ClN2O/c1-6-8(12)4-5-9-10(6)14(3)11(13-9)7(2)15/h4-5H,1-3H3. The van der Waals surface area contributed by atoms with Crippen LogP contribution in [-0.4, -0.2) is 15.3 Å². The highest BCUT2D eigenvalue weighted by Gasteiger charge is 2.14. The molecule has 4 heteroatoms. The van der Waals surface area contributed by atoms with Gasteiger partial charge in [-0.2, -0.15) is 0 Å². The maximum Gasteiger partial charge on any atom is 0.195 e. The van der Waals surface area contributed by atoms with Crippen LogP contribution in [0.25, 0.3) is 11.0 Å². The van der Waals surface area contributed by atoms with Crippen LogP contribution in [-0.2, 0) is 7.05 Å². The molecule has 0 fully saturated rings. The van der Waals surface area contributed by atoms with Gasteiger partial charge in [0.15, 0.2) is 11.6 Å². The monoisotopic (exact) mass is 222 g/mol. The van der Waals surface area contributed by atoms with Crippen molar-refractivity contribution in [1.82, 2.24) is 9.55 Å². The van der Waals surface area contributed by atoms with Gasteiger partial charge in [-0.1, -0.05) is 11.6 Å². The molecule has 0 atom stereocenters. The van der Waals surface area contributed by atoms with Gasteiger partial charge in [-0.3, -0.25) is 4.79 Å². The smallest absolute Gasteiger partial charge is 0.195 e. The first-order valence-electron chi connectivity index (χ1n) is 4.65. The molecule has 0 unspecified atom stereocenters. The molecule has 0 bridgehead atoms. The van der Waals surface area contributed by atoms with E-state index in [0.29, 0.717) is 10.8 Å². The molecule has 78 valence electrons. The first kappa shape index (κ1) is 10.2. The zero-order chi connectivity index (χ0) is 11.2. The topological polar surface area (TPSA) is 34.9 Å². The number of hydrogen-bond acceptors (Lipinski definition) is 2. The second-order valence-corrected chi connectivity index (χ2v) is 4.00. The summed E-state index contributed by atoms with van der Waals surface area (Å²) in [4.78, 5) is 15.6. The summed E-state index contributed by atoms with van der Waals surface area (Å²) in [5.41, 5.74) is 2.69. The number of hydrogen-bond donors (Lipinski definition) is 0. The van der Waals surface area contributed by atoms with Crippen LogP contribution in [0.5, 0.6) is 0 Å². The Morgan fingerprint density at radius 1 is 1.47 bits per heavy atom. The van der Waals surface area contributed by atoms with Crippen molar-refractivity contribution >= 4 is 28.4 Å². The number of aryl methyl sites for hydroxylation is 2. The van der Waals surface area contributed by atoms with Crippen LogP contribution in [0.4, 0.5) is 0 Å². The Morgan fingerprint density at radius 3 is 2.73 bits per heavy atom. The Hall–Kier alpha value is -1.35. The fourth-order valence-corrected chi connectivity index (χ4v) is 1.94. The van der Waals surface area contributed by atoms with E-state index in [1.54, 1.807) is 10.6 Å². The van der Waals surface area contributed by atoms with Gasteiger partial charge in [-0.15, -0.1) is 0 Å². The highest BCUT2D eigenvalue weighted by molar-refractivity contribution is 6.32. The molecule has 2 aromatic rings. The Labute approximate surface area is 92.7 Å². The molecule has 1 heterocycles. The summed E-state index contributed by atoms with van der Waals surface area (Å²) < 4.78 is 1.79. The number of aromatic nitrogens is 2. The van der Waals surface area contributed by atoms with Gasteiger partial charge in [0, 0.05) is 19.0 Å². The number of imidazole rings is 1. The summed E-state index contributed by atoms with van der Waals surface area (Å²) >= 11 is 6.02. The number of carbonyl (C=O) groups excluding carboxylic acids is 1. The molecular weight excluding hydrogens is 212 g/mol. The zero-order valence-electron chi connectivity index (χ0n) is 8.84. The molecule has 0 radical (unpaired) electrons. The molecule has 15 heavy (non-hydrogen) atoms. The van der Waals surface area contributed by atoms with Crippen molar-refractivity contribution in [1.29, 1.82) is 0 Å². The lowest BCUT2D eigenvalue weighted by Crippen LogP contribution is -2.03. The van der Waals surface area contributed by atoms with Gasteiger partial charge in [0.05, 0.1) is 11.0 Å². The molecule has 1 aromatic heterocycles. The van der Waals surface area contributed by atoms with Crippen molar-refractivity contribution in [3.63, 3.8) is 0 Å². The van der Waals surface area contributed by atoms with Gasteiger partial charge in [0.25, 0.3) is 0 Å². The lowest BCUT2D eigenvalue weighted by molar-refractivity contribution is 0.100. The van der Waals surface area contributed by atoms with Gasteiger partial charge in [0.2, 0.25) is 0 Å². The predicted molar refractivity (Wildman–Crippen MR) is 60.5 cm³/mol. The molecule has 0 aliphatic heterocycles. The summed E-state index contributed by atoms with van der Waals surface area (Å²) in [5, 5.41) is 0.695. The third kappa shape index (κ3) is 1.43. The quantitative estimate of drug-likeness (QED) is 0.696. The molecule has 0 saturated heterocycles. The van der Waals surface area contributed by atoms with E-state index in [1.165, 1.54) is 6.92 Å². The van der Waals surface area contributed by atoms with Crippen LogP contribution in [0.15, 0.2) is 12.1 Å². The van der Waals surface area contributed by atoms with Crippen LogP contribution >= 0.6 is 11.6 Å². The fraction of sp³-hybridized carbons (Fsp3) is 0.273. The summed E-state index contributed by atoms with van der Waals surface area (Å²) in [6.45, 7) is 3.44. The minimum Gasteiger partial charge on any atom is -0.324 e. The number of halogens is 1. The average molecular weight is 223 g/mol. The predicted octanol–water partition coefficient (Wildman–Crippen LogP) is 2.74. The molecule has 1 aromatic carbocycles. The van der Waals surface area contributed by atoms with E-state index in [1.807, 2.05) is 20.0 Å². The largest absolute Gasteiger partial charge is 0.324 e. The zero-order valence-corrected chi connectivity index (χ0v) is 9.59. The van der Waals surface area contributed by atoms with Crippen molar-refractivity contribution in [2.24, 2.45) is 7.05 Å². The van der Waals surface area contributed by atoms with Gasteiger partial charge in [-0.05, 0) is 24.6 Å². The lowest BCUT2D eigenvalue weighted by Gasteiger charge is -2.02. The number of fused-ring (bicyclic) bond motifs is 1. The summed E-state index contributed by atoms with van der Waals surface area (Å²) in [6, 6.07) is 3.63. The Morgan fingerprint density at radius 2 is 2.13 bits per heavy atom. The van der Waals surface area contributed by atoms with E-state index >= 15 is 0 Å². The number of nitrogens with zero attached hydrogens (tertiary/aromatic N) is 2. The lowest BCUT2D eigenvalue weighted by atomic mass is 10.2. The second-order valence-electron chi connectivity index (χ2n) is 3.59. The fourth-order valence-electron chi connectivity index (χ4n) is 1.78. The summed E-state index contributed by atoms with van der Waals surface area (Å²) in [7, 11) is 1.83. The molecule has 0 amide bonds. The van der Waals surface area contributed by atoms with Crippen LogP contribution in [0, 0.1) is 6.92 Å². The molecule has 0 aliphatic carbocycles. The molecule has 0 N–H and O–H groups in total. The first-order valence-corrected chi connectivity index (χ1v) is 5.02. The van der Waals surface area contributed by atoms with Crippen molar-refractivity contribution < 1.29 is 4.79 Å². The molecule has 0 aliphatic rings. The minimum absolute atomic E-state index is 0.0378. The Bertz CT molecular complexity index is 557. The Balaban J connectivity index is 2.89. The average Bonchev–Trinajstić information content (AvgIpc) is 2.50. The van der Waals surface area contributed by atoms with Crippen molar-refractivity contribution in [2.45, 2.75) is 13.8 Å². The van der Waals surface area contributed by atoms with Gasteiger partial charge < -0.3 is 4.57 Å². The molecule has 3 nitrogen and oxygen atoms in total. The number of ketones is 1. The second kappa shape index (κ2) is 3.35. The highest BCUT2D eigenvalue weighted by atomic mass is 35.5. The van der Waals surface area contributed by atoms with E-state index in [2.05, 4.69) is 4.98 Å². The highest BCUT2D eigenvalue weighted by Crippen LogP contribution is 2.25. The molecule has 2 rings (SSSR count). The summed E-state index contributed by atoms with van der Waals surface area (Å²) in [5.74, 6) is 0.430.